The molecule has 37 heavy (non-hydrogen) atoms. The van der Waals surface area contributed by atoms with Crippen molar-refractivity contribution in [1.82, 2.24) is 19.8 Å². The Labute approximate surface area is 213 Å². The van der Waals surface area contributed by atoms with Crippen LogP contribution in [-0.4, -0.2) is 45.0 Å². The normalized spacial score (nSPS) is 18.1. The Morgan fingerprint density at radius 2 is 1.68 bits per heavy atom. The van der Waals surface area contributed by atoms with Gasteiger partial charge in [0.1, 0.15) is 24.4 Å². The number of hydrogen-bond acceptors (Lipinski definition) is 5. The summed E-state index contributed by atoms with van der Waals surface area (Å²) in [5, 5.41) is 3.00. The number of carbonyl (C=O) groups excluding carboxylic acids is 2. The van der Waals surface area contributed by atoms with Crippen molar-refractivity contribution in [1.29, 1.82) is 0 Å². The Bertz CT molecular complexity index is 1380. The molecule has 1 aromatic heterocycles. The van der Waals surface area contributed by atoms with Gasteiger partial charge in [0.15, 0.2) is 0 Å². The van der Waals surface area contributed by atoms with Crippen molar-refractivity contribution in [2.45, 2.75) is 51.0 Å². The van der Waals surface area contributed by atoms with Crippen molar-refractivity contribution in [2.24, 2.45) is 0 Å². The van der Waals surface area contributed by atoms with E-state index in [1.54, 1.807) is 0 Å². The standard InChI is InChI=1S/C27H30FN5O4/c1-16(2)17-8-10-19(11-9-17)24(18-6-4-3-5-7-18)30-26(36)22-12-20(28)13-33(22)23(34)15-32-14-21(29)25(35)31-27(32)37/h3-11,14,16,20,22,24H,12-13,15,29H2,1-2H3,(H,30,36)(H,31,35,37)/t20-,22+,24+/m1/s1. The van der Waals surface area contributed by atoms with Gasteiger partial charge in [-0.3, -0.25) is 23.9 Å². The molecule has 1 aliphatic heterocycles. The summed E-state index contributed by atoms with van der Waals surface area (Å²) in [4.78, 5) is 53.2. The molecule has 2 amide bonds. The number of hydrogen-bond donors (Lipinski definition) is 3. The van der Waals surface area contributed by atoms with Crippen molar-refractivity contribution in [3.8, 4) is 0 Å². The predicted octanol–water partition coefficient (Wildman–Crippen LogP) is 2.09. The minimum Gasteiger partial charge on any atom is -0.393 e. The average molecular weight is 508 g/mol. The molecule has 0 unspecified atom stereocenters. The van der Waals surface area contributed by atoms with Gasteiger partial charge in [-0.05, 0) is 22.6 Å². The smallest absolute Gasteiger partial charge is 0.328 e. The van der Waals surface area contributed by atoms with Gasteiger partial charge in [-0.2, -0.15) is 0 Å². The molecule has 0 radical (unpaired) electrons. The van der Waals surface area contributed by atoms with Gasteiger partial charge in [-0.1, -0.05) is 68.4 Å². The van der Waals surface area contributed by atoms with Gasteiger partial charge in [-0.25, -0.2) is 9.18 Å². The zero-order chi connectivity index (χ0) is 26.7. The molecule has 1 aliphatic rings. The first-order valence-corrected chi connectivity index (χ1v) is 12.1. The third-order valence-electron chi connectivity index (χ3n) is 6.57. The number of aromatic amines is 1. The van der Waals surface area contributed by atoms with E-state index in [4.69, 9.17) is 5.73 Å². The van der Waals surface area contributed by atoms with Gasteiger partial charge in [0, 0.05) is 12.6 Å². The molecule has 10 heteroatoms. The van der Waals surface area contributed by atoms with Gasteiger partial charge in [0.2, 0.25) is 11.8 Å². The largest absolute Gasteiger partial charge is 0.393 e. The summed E-state index contributed by atoms with van der Waals surface area (Å²) in [6.45, 7) is 3.43. The number of H-pyrrole nitrogens is 1. The van der Waals surface area contributed by atoms with E-state index in [9.17, 15) is 23.6 Å². The lowest BCUT2D eigenvalue weighted by Gasteiger charge is -2.27. The zero-order valence-electron chi connectivity index (χ0n) is 20.7. The number of nitrogens with one attached hydrogen (secondary N) is 2. The molecular formula is C27H30FN5O4. The van der Waals surface area contributed by atoms with Crippen LogP contribution in [0.25, 0.3) is 0 Å². The number of likely N-dealkylation sites (tertiary alicyclic amines) is 1. The molecular weight excluding hydrogens is 477 g/mol. The van der Waals surface area contributed by atoms with E-state index in [1.165, 1.54) is 0 Å². The van der Waals surface area contributed by atoms with Gasteiger partial charge in [0.25, 0.3) is 5.56 Å². The molecule has 4 N–H and O–H groups in total. The van der Waals surface area contributed by atoms with Gasteiger partial charge < -0.3 is 16.0 Å². The van der Waals surface area contributed by atoms with E-state index in [2.05, 4.69) is 19.2 Å². The first-order chi connectivity index (χ1) is 17.6. The van der Waals surface area contributed by atoms with Crippen LogP contribution in [0.2, 0.25) is 0 Å². The highest BCUT2D eigenvalue weighted by Crippen LogP contribution is 2.27. The molecule has 0 saturated carbocycles. The average Bonchev–Trinajstić information content (AvgIpc) is 3.28. The second-order valence-electron chi connectivity index (χ2n) is 9.54. The third kappa shape index (κ3) is 5.79. The van der Waals surface area contributed by atoms with Crippen LogP contribution in [0.5, 0.6) is 0 Å². The topological polar surface area (TPSA) is 130 Å². The summed E-state index contributed by atoms with van der Waals surface area (Å²) >= 11 is 0. The van der Waals surface area contributed by atoms with Crippen molar-refractivity contribution < 1.29 is 14.0 Å². The lowest BCUT2D eigenvalue weighted by Crippen LogP contribution is -2.48. The fourth-order valence-electron chi connectivity index (χ4n) is 4.51. The van der Waals surface area contributed by atoms with Gasteiger partial charge in [0.05, 0.1) is 12.6 Å². The minimum absolute atomic E-state index is 0.159. The van der Waals surface area contributed by atoms with Crippen molar-refractivity contribution in [3.05, 3.63) is 98.3 Å². The van der Waals surface area contributed by atoms with E-state index >= 15 is 0 Å². The second kappa shape index (κ2) is 10.8. The second-order valence-corrected chi connectivity index (χ2v) is 9.54. The maximum absolute atomic E-state index is 14.5. The molecule has 3 aromatic rings. The molecule has 3 atom stereocenters. The zero-order valence-corrected chi connectivity index (χ0v) is 20.7. The Hall–Kier alpha value is -4.21. The fraction of sp³-hybridized carbons (Fsp3) is 0.333. The Kier molecular flexibility index (Phi) is 7.56. The first kappa shape index (κ1) is 25.9. The molecule has 0 spiro atoms. The fourth-order valence-corrected chi connectivity index (χ4v) is 4.51. The Morgan fingerprint density at radius 3 is 2.32 bits per heavy atom. The van der Waals surface area contributed by atoms with Crippen molar-refractivity contribution in [3.63, 3.8) is 0 Å². The van der Waals surface area contributed by atoms with E-state index in [1.807, 2.05) is 59.6 Å². The number of halogens is 1. The summed E-state index contributed by atoms with van der Waals surface area (Å²) in [6.07, 6.45) is -0.491. The van der Waals surface area contributed by atoms with Crippen LogP contribution in [0.4, 0.5) is 10.1 Å². The molecule has 4 rings (SSSR count). The first-order valence-electron chi connectivity index (χ1n) is 12.1. The number of alkyl halides is 1. The van der Waals surface area contributed by atoms with Crippen LogP contribution in [0.3, 0.4) is 0 Å². The highest BCUT2D eigenvalue weighted by atomic mass is 19.1. The number of amides is 2. The number of carbonyl (C=O) groups is 2. The minimum atomic E-state index is -1.39. The summed E-state index contributed by atoms with van der Waals surface area (Å²) in [5.41, 5.74) is 6.60. The lowest BCUT2D eigenvalue weighted by atomic mass is 9.95. The number of nitrogen functional groups attached to an aromatic ring is 1. The third-order valence-corrected chi connectivity index (χ3v) is 6.57. The van der Waals surface area contributed by atoms with Crippen LogP contribution in [0, 0.1) is 0 Å². The molecule has 2 heterocycles. The van der Waals surface area contributed by atoms with E-state index in [0.29, 0.717) is 5.92 Å². The summed E-state index contributed by atoms with van der Waals surface area (Å²) in [7, 11) is 0. The highest BCUT2D eigenvalue weighted by molar-refractivity contribution is 5.89. The highest BCUT2D eigenvalue weighted by Gasteiger charge is 2.40. The molecule has 0 aliphatic carbocycles. The van der Waals surface area contributed by atoms with Crippen LogP contribution < -0.4 is 22.3 Å². The van der Waals surface area contributed by atoms with E-state index < -0.39 is 47.9 Å². The lowest BCUT2D eigenvalue weighted by molar-refractivity contribution is -0.139. The number of nitrogens with two attached hydrogens (primary N) is 1. The summed E-state index contributed by atoms with van der Waals surface area (Å²) < 4.78 is 15.4. The SMILES string of the molecule is CC(C)c1ccc([C@@H](NC(=O)[C@@H]2C[C@@H](F)CN2C(=O)Cn2cc(N)c(=O)[nH]c2=O)c2ccccc2)cc1. The number of aromatic nitrogens is 2. The number of nitrogens with zero attached hydrogens (tertiary/aromatic N) is 2. The molecule has 1 fully saturated rings. The van der Waals surface area contributed by atoms with Crippen LogP contribution >= 0.6 is 0 Å². The number of rotatable bonds is 7. The van der Waals surface area contributed by atoms with E-state index in [-0.39, 0.29) is 18.7 Å². The Morgan fingerprint density at radius 1 is 1.05 bits per heavy atom. The molecule has 194 valence electrons. The number of benzene rings is 2. The van der Waals surface area contributed by atoms with E-state index in [0.717, 1.165) is 32.4 Å². The molecule has 9 nitrogen and oxygen atoms in total. The predicted molar refractivity (Wildman–Crippen MR) is 138 cm³/mol. The van der Waals surface area contributed by atoms with Crippen molar-refractivity contribution >= 4 is 17.5 Å². The molecule has 1 saturated heterocycles. The monoisotopic (exact) mass is 507 g/mol. The van der Waals surface area contributed by atoms with Crippen molar-refractivity contribution in [2.75, 3.05) is 12.3 Å². The number of anilines is 1. The summed E-state index contributed by atoms with van der Waals surface area (Å²) in [5.74, 6) is -0.779. The maximum atomic E-state index is 14.5. The van der Waals surface area contributed by atoms with Gasteiger partial charge >= 0.3 is 5.69 Å². The quantitative estimate of drug-likeness (QED) is 0.451. The van der Waals surface area contributed by atoms with Crippen LogP contribution in [0.15, 0.2) is 70.4 Å². The van der Waals surface area contributed by atoms with Crippen LogP contribution in [-0.2, 0) is 16.1 Å². The summed E-state index contributed by atoms with van der Waals surface area (Å²) in [6, 6.07) is 15.8. The molecule has 0 bridgehead atoms. The van der Waals surface area contributed by atoms with Gasteiger partial charge in [-0.15, -0.1) is 0 Å². The Balaban J connectivity index is 1.57. The van der Waals surface area contributed by atoms with Crippen LogP contribution in [0.1, 0.15) is 48.9 Å². The molecule has 2 aromatic carbocycles. The maximum Gasteiger partial charge on any atom is 0.328 e.